The first kappa shape index (κ1) is 29.2. The fraction of sp³-hybridized carbons (Fsp3) is 0.257. The van der Waals surface area contributed by atoms with Gasteiger partial charge in [-0.2, -0.15) is 10.4 Å². The minimum absolute atomic E-state index is 0.0448. The summed E-state index contributed by atoms with van der Waals surface area (Å²) in [6, 6.07) is 17.7. The predicted molar refractivity (Wildman–Crippen MR) is 177 cm³/mol. The number of rotatable bonds is 5. The highest BCUT2D eigenvalue weighted by molar-refractivity contribution is 6.35. The Hall–Kier alpha value is -4.87. The monoisotopic (exact) mass is 604 g/mol. The normalized spacial score (nSPS) is 15.2. The van der Waals surface area contributed by atoms with Gasteiger partial charge in [0, 0.05) is 47.0 Å². The van der Waals surface area contributed by atoms with Crippen molar-refractivity contribution in [2.75, 3.05) is 24.5 Å². The van der Waals surface area contributed by atoms with Crippen LogP contribution in [0, 0.1) is 18.3 Å². The number of carbonyl (C=O) groups excluding carboxylic acids is 1. The Morgan fingerprint density at radius 3 is 2.66 bits per heavy atom. The van der Waals surface area contributed by atoms with Crippen LogP contribution in [0.4, 0.5) is 5.69 Å². The molecule has 9 heteroatoms. The number of hydrogen-bond donors (Lipinski definition) is 1. The Morgan fingerprint density at radius 1 is 1.18 bits per heavy atom. The second-order valence-electron chi connectivity index (χ2n) is 11.7. The number of amides is 1. The van der Waals surface area contributed by atoms with Crippen molar-refractivity contribution in [3.63, 3.8) is 0 Å². The fourth-order valence-corrected chi connectivity index (χ4v) is 6.76. The van der Waals surface area contributed by atoms with E-state index in [4.69, 9.17) is 11.6 Å². The molecule has 0 radical (unpaired) electrons. The van der Waals surface area contributed by atoms with Crippen LogP contribution in [-0.4, -0.2) is 51.2 Å². The van der Waals surface area contributed by atoms with E-state index >= 15 is 0 Å². The summed E-state index contributed by atoms with van der Waals surface area (Å²) in [5, 5.41) is 19.9. The van der Waals surface area contributed by atoms with Crippen LogP contribution in [0.15, 0.2) is 72.2 Å². The van der Waals surface area contributed by atoms with Crippen molar-refractivity contribution in [2.24, 2.45) is 0 Å². The Balaban J connectivity index is 1.71. The molecule has 6 rings (SSSR count). The average Bonchev–Trinajstić information content (AvgIpc) is 3.49. The third-order valence-corrected chi connectivity index (χ3v) is 8.96. The molecule has 0 bridgehead atoms. The SMILES string of the molecule is C=CC(=O)N1CCN(c2c(C#N)c(=O)n(-c3ccccc3C(C)C)c3cc(-c4c(C)ccc5[nH]ncc45)c(Cl)cc23)[C@@H](C)C1. The lowest BCUT2D eigenvalue weighted by molar-refractivity contribution is -0.126. The second-order valence-corrected chi connectivity index (χ2v) is 12.1. The van der Waals surface area contributed by atoms with Gasteiger partial charge in [-0.15, -0.1) is 0 Å². The Kier molecular flexibility index (Phi) is 7.52. The van der Waals surface area contributed by atoms with Gasteiger partial charge in [-0.1, -0.05) is 56.3 Å². The molecular formula is C35H33ClN6O2. The van der Waals surface area contributed by atoms with Gasteiger partial charge in [0.1, 0.15) is 11.6 Å². The molecule has 1 saturated heterocycles. The number of halogens is 1. The lowest BCUT2D eigenvalue weighted by Crippen LogP contribution is -2.54. The number of piperazine rings is 1. The maximum Gasteiger partial charge on any atom is 0.275 e. The molecule has 0 spiro atoms. The zero-order chi connectivity index (χ0) is 31.3. The number of para-hydroxylation sites is 1. The number of pyridine rings is 1. The van der Waals surface area contributed by atoms with Gasteiger partial charge in [0.05, 0.1) is 28.6 Å². The lowest BCUT2D eigenvalue weighted by atomic mass is 9.94. The molecular weight excluding hydrogens is 572 g/mol. The summed E-state index contributed by atoms with van der Waals surface area (Å²) in [7, 11) is 0. The van der Waals surface area contributed by atoms with E-state index in [0.29, 0.717) is 41.2 Å². The molecule has 222 valence electrons. The number of aromatic nitrogens is 3. The number of aryl methyl sites for hydroxylation is 1. The molecule has 1 fully saturated rings. The van der Waals surface area contributed by atoms with Crippen LogP contribution in [0.2, 0.25) is 5.02 Å². The summed E-state index contributed by atoms with van der Waals surface area (Å²) in [6.07, 6.45) is 3.10. The van der Waals surface area contributed by atoms with Gasteiger partial charge in [-0.3, -0.25) is 19.3 Å². The minimum Gasteiger partial charge on any atom is -0.363 e. The van der Waals surface area contributed by atoms with Crippen molar-refractivity contribution in [3.8, 4) is 22.9 Å². The molecule has 3 aromatic carbocycles. The van der Waals surface area contributed by atoms with Crippen LogP contribution in [0.1, 0.15) is 43.4 Å². The molecule has 0 aliphatic carbocycles. The van der Waals surface area contributed by atoms with E-state index in [9.17, 15) is 14.9 Å². The van der Waals surface area contributed by atoms with E-state index in [2.05, 4.69) is 41.6 Å². The summed E-state index contributed by atoms with van der Waals surface area (Å²) >= 11 is 7.14. The topological polar surface area (TPSA) is 98.0 Å². The highest BCUT2D eigenvalue weighted by atomic mass is 35.5. The standard InChI is InChI=1S/C35H33ClN6O2/c1-6-32(43)40-13-14-41(22(5)19-40)34-25-15-28(36)24(33-21(4)11-12-29-27(33)18-38-39-29)16-31(25)42(35(44)26(34)17-37)30-10-8-7-9-23(30)20(2)3/h6-12,15-16,18,20,22H,1,13-14,19H2,2-5H3,(H,38,39)/t22-/m0/s1. The summed E-state index contributed by atoms with van der Waals surface area (Å²) in [6.45, 7) is 13.1. The van der Waals surface area contributed by atoms with Gasteiger partial charge in [0.25, 0.3) is 5.56 Å². The quantitative estimate of drug-likeness (QED) is 0.225. The Labute approximate surface area is 260 Å². The van der Waals surface area contributed by atoms with Crippen molar-refractivity contribution in [1.82, 2.24) is 19.7 Å². The number of H-pyrrole nitrogens is 1. The number of fused-ring (bicyclic) bond motifs is 2. The third kappa shape index (κ3) is 4.65. The number of hydrogen-bond acceptors (Lipinski definition) is 5. The van der Waals surface area contributed by atoms with Gasteiger partial charge in [-0.05, 0) is 66.8 Å². The molecule has 0 unspecified atom stereocenters. The summed E-state index contributed by atoms with van der Waals surface area (Å²) in [5.41, 5.74) is 6.13. The Bertz CT molecular complexity index is 2070. The van der Waals surface area contributed by atoms with Crippen LogP contribution < -0.4 is 10.5 Å². The number of nitrogens with zero attached hydrogens (tertiary/aromatic N) is 5. The molecule has 1 amide bonds. The van der Waals surface area contributed by atoms with E-state index in [0.717, 1.165) is 38.8 Å². The molecule has 8 nitrogen and oxygen atoms in total. The largest absolute Gasteiger partial charge is 0.363 e. The highest BCUT2D eigenvalue weighted by Gasteiger charge is 2.31. The molecule has 2 aromatic heterocycles. The first-order chi connectivity index (χ1) is 21.2. The highest BCUT2D eigenvalue weighted by Crippen LogP contribution is 2.42. The average molecular weight is 605 g/mol. The zero-order valence-corrected chi connectivity index (χ0v) is 25.9. The van der Waals surface area contributed by atoms with Gasteiger partial charge in [0.15, 0.2) is 0 Å². The maximum atomic E-state index is 14.5. The second kappa shape index (κ2) is 11.3. The Morgan fingerprint density at radius 2 is 1.95 bits per heavy atom. The van der Waals surface area contributed by atoms with Crippen LogP contribution >= 0.6 is 11.6 Å². The fourth-order valence-electron chi connectivity index (χ4n) is 6.51. The molecule has 1 aliphatic heterocycles. The number of nitrogens with one attached hydrogen (secondary N) is 1. The van der Waals surface area contributed by atoms with Gasteiger partial charge < -0.3 is 9.80 Å². The molecule has 0 saturated carbocycles. The van der Waals surface area contributed by atoms with E-state index in [-0.39, 0.29) is 23.4 Å². The first-order valence-corrected chi connectivity index (χ1v) is 15.1. The van der Waals surface area contributed by atoms with E-state index in [1.165, 1.54) is 6.08 Å². The van der Waals surface area contributed by atoms with Gasteiger partial charge in [0.2, 0.25) is 5.91 Å². The number of nitriles is 1. The molecule has 1 atom stereocenters. The van der Waals surface area contributed by atoms with Crippen molar-refractivity contribution in [1.29, 1.82) is 5.26 Å². The lowest BCUT2D eigenvalue weighted by Gasteiger charge is -2.41. The summed E-state index contributed by atoms with van der Waals surface area (Å²) < 4.78 is 1.67. The number of anilines is 1. The van der Waals surface area contributed by atoms with Crippen LogP contribution in [0.5, 0.6) is 0 Å². The number of benzene rings is 3. The molecule has 5 aromatic rings. The third-order valence-electron chi connectivity index (χ3n) is 8.65. The van der Waals surface area contributed by atoms with Crippen molar-refractivity contribution in [2.45, 2.75) is 39.7 Å². The molecule has 44 heavy (non-hydrogen) atoms. The summed E-state index contributed by atoms with van der Waals surface area (Å²) in [4.78, 5) is 30.7. The molecule has 1 aliphatic rings. The van der Waals surface area contributed by atoms with Crippen LogP contribution in [0.3, 0.4) is 0 Å². The maximum absolute atomic E-state index is 14.5. The minimum atomic E-state index is -0.397. The van der Waals surface area contributed by atoms with Crippen LogP contribution in [0.25, 0.3) is 38.6 Å². The van der Waals surface area contributed by atoms with Crippen molar-refractivity contribution >= 4 is 45.0 Å². The summed E-state index contributed by atoms with van der Waals surface area (Å²) in [5.74, 6) is -0.0124. The van der Waals surface area contributed by atoms with Gasteiger partial charge in [-0.25, -0.2) is 0 Å². The van der Waals surface area contributed by atoms with Crippen LogP contribution in [-0.2, 0) is 4.79 Å². The van der Waals surface area contributed by atoms with E-state index in [1.54, 1.807) is 15.7 Å². The van der Waals surface area contributed by atoms with Gasteiger partial charge >= 0.3 is 0 Å². The molecule has 1 N–H and O–H groups in total. The number of aromatic amines is 1. The smallest absolute Gasteiger partial charge is 0.275 e. The zero-order valence-electron chi connectivity index (χ0n) is 25.2. The van der Waals surface area contributed by atoms with E-state index in [1.807, 2.05) is 62.4 Å². The van der Waals surface area contributed by atoms with Crippen molar-refractivity contribution < 1.29 is 4.79 Å². The van der Waals surface area contributed by atoms with E-state index < -0.39 is 5.56 Å². The number of carbonyl (C=O) groups is 1. The first-order valence-electron chi connectivity index (χ1n) is 14.7. The van der Waals surface area contributed by atoms with Crippen molar-refractivity contribution in [3.05, 3.63) is 99.4 Å². The predicted octanol–water partition coefficient (Wildman–Crippen LogP) is 6.71. The molecule has 3 heterocycles.